The van der Waals surface area contributed by atoms with Gasteiger partial charge >= 0.3 is 0 Å². The molecule has 0 spiro atoms. The summed E-state index contributed by atoms with van der Waals surface area (Å²) in [6, 6.07) is 10.3. The summed E-state index contributed by atoms with van der Waals surface area (Å²) >= 11 is 0. The van der Waals surface area contributed by atoms with Crippen LogP contribution in [-0.2, 0) is 0 Å². The molecule has 0 fully saturated rings. The standard InChI is InChI=1S/C23H26/c1-5-12-20(6-2)15-16-21(7-3)19-22(8-4)17-18-23-13-10-9-11-14-23/h5-19H,3H2,1-2,4H3/b12-5-,16-15+,18-17+,20-6+,21-19+,22-8-. The average molecular weight is 302 g/mol. The van der Waals surface area contributed by atoms with Crippen molar-refractivity contribution in [2.45, 2.75) is 20.8 Å². The largest absolute Gasteiger partial charge is 0.0985 e. The Morgan fingerprint density at radius 3 is 2.00 bits per heavy atom. The van der Waals surface area contributed by atoms with Crippen LogP contribution in [0.3, 0.4) is 0 Å². The van der Waals surface area contributed by atoms with E-state index in [9.17, 15) is 0 Å². The van der Waals surface area contributed by atoms with Crippen molar-refractivity contribution < 1.29 is 0 Å². The van der Waals surface area contributed by atoms with E-state index >= 15 is 0 Å². The van der Waals surface area contributed by atoms with Crippen molar-refractivity contribution in [3.8, 4) is 0 Å². The normalized spacial score (nSPS) is 14.3. The first-order valence-corrected chi connectivity index (χ1v) is 7.94. The minimum Gasteiger partial charge on any atom is -0.0985 e. The maximum absolute atomic E-state index is 3.91. The number of rotatable bonds is 7. The Hall–Kier alpha value is -2.60. The summed E-state index contributed by atoms with van der Waals surface area (Å²) in [5, 5.41) is 0. The lowest BCUT2D eigenvalue weighted by atomic mass is 10.1. The van der Waals surface area contributed by atoms with Crippen LogP contribution in [0, 0.1) is 0 Å². The molecule has 0 atom stereocenters. The van der Waals surface area contributed by atoms with Crippen molar-refractivity contribution in [1.29, 1.82) is 0 Å². The minimum atomic E-state index is 1.08. The van der Waals surface area contributed by atoms with Crippen molar-refractivity contribution in [3.05, 3.63) is 114 Å². The third kappa shape index (κ3) is 7.28. The van der Waals surface area contributed by atoms with Gasteiger partial charge in [0.1, 0.15) is 0 Å². The van der Waals surface area contributed by atoms with Crippen molar-refractivity contribution in [2.24, 2.45) is 0 Å². The number of hydrogen-bond donors (Lipinski definition) is 0. The maximum atomic E-state index is 3.91. The molecule has 0 unspecified atom stereocenters. The number of benzene rings is 1. The molecule has 1 aromatic rings. The molecular weight excluding hydrogens is 276 g/mol. The van der Waals surface area contributed by atoms with Gasteiger partial charge in [-0.25, -0.2) is 0 Å². The van der Waals surface area contributed by atoms with Crippen LogP contribution >= 0.6 is 0 Å². The molecule has 0 heterocycles. The van der Waals surface area contributed by atoms with E-state index < -0.39 is 0 Å². The van der Waals surface area contributed by atoms with Crippen LogP contribution in [0.2, 0.25) is 0 Å². The highest BCUT2D eigenvalue weighted by Gasteiger charge is 1.91. The molecule has 1 rings (SSSR count). The van der Waals surface area contributed by atoms with Crippen LogP contribution in [0.4, 0.5) is 0 Å². The highest BCUT2D eigenvalue weighted by Crippen LogP contribution is 2.11. The summed E-state index contributed by atoms with van der Waals surface area (Å²) < 4.78 is 0. The van der Waals surface area contributed by atoms with Gasteiger partial charge in [0.15, 0.2) is 0 Å². The fourth-order valence-corrected chi connectivity index (χ4v) is 1.98. The second-order valence-electron chi connectivity index (χ2n) is 5.00. The quantitative estimate of drug-likeness (QED) is 0.484. The van der Waals surface area contributed by atoms with Crippen LogP contribution in [-0.4, -0.2) is 0 Å². The molecule has 0 nitrogen and oxygen atoms in total. The van der Waals surface area contributed by atoms with Crippen LogP contribution in [0.15, 0.2) is 108 Å². The van der Waals surface area contributed by atoms with E-state index in [1.54, 1.807) is 0 Å². The van der Waals surface area contributed by atoms with Crippen molar-refractivity contribution in [3.63, 3.8) is 0 Å². The smallest absolute Gasteiger partial charge is 0.0256 e. The molecule has 0 aliphatic rings. The Morgan fingerprint density at radius 2 is 1.43 bits per heavy atom. The van der Waals surface area contributed by atoms with Gasteiger partial charge in [0.05, 0.1) is 0 Å². The molecule has 0 bridgehead atoms. The lowest BCUT2D eigenvalue weighted by Gasteiger charge is -1.98. The van der Waals surface area contributed by atoms with E-state index in [0.29, 0.717) is 0 Å². The van der Waals surface area contributed by atoms with E-state index in [2.05, 4.69) is 67.3 Å². The van der Waals surface area contributed by atoms with Crippen molar-refractivity contribution >= 4 is 6.08 Å². The van der Waals surface area contributed by atoms with Gasteiger partial charge in [-0.2, -0.15) is 0 Å². The van der Waals surface area contributed by atoms with E-state index in [0.717, 1.165) is 11.1 Å². The molecule has 118 valence electrons. The summed E-state index contributed by atoms with van der Waals surface area (Å²) in [7, 11) is 0. The molecule has 1 aromatic carbocycles. The Bertz CT molecular complexity index is 659. The Morgan fingerprint density at radius 1 is 0.783 bits per heavy atom. The van der Waals surface area contributed by atoms with E-state index in [1.807, 2.05) is 51.1 Å². The summed E-state index contributed by atoms with van der Waals surface area (Å²) in [4.78, 5) is 0. The Kier molecular flexibility index (Phi) is 8.85. The average Bonchev–Trinajstić information content (AvgIpc) is 2.61. The molecule has 0 saturated carbocycles. The molecule has 23 heavy (non-hydrogen) atoms. The first kappa shape index (κ1) is 18.4. The van der Waals surface area contributed by atoms with Crippen molar-refractivity contribution in [1.82, 2.24) is 0 Å². The zero-order valence-corrected chi connectivity index (χ0v) is 14.4. The maximum Gasteiger partial charge on any atom is -0.0256 e. The first-order valence-electron chi connectivity index (χ1n) is 7.94. The predicted molar refractivity (Wildman–Crippen MR) is 105 cm³/mol. The third-order valence-electron chi connectivity index (χ3n) is 3.33. The highest BCUT2D eigenvalue weighted by molar-refractivity contribution is 5.56. The van der Waals surface area contributed by atoms with Gasteiger partial charge in [0, 0.05) is 0 Å². The van der Waals surface area contributed by atoms with Gasteiger partial charge in [-0.3, -0.25) is 0 Å². The molecule has 0 aliphatic carbocycles. The van der Waals surface area contributed by atoms with Gasteiger partial charge in [-0.1, -0.05) is 91.6 Å². The summed E-state index contributed by atoms with van der Waals surface area (Å²) in [6.45, 7) is 10.0. The Labute approximate surface area is 141 Å². The third-order valence-corrected chi connectivity index (χ3v) is 3.33. The topological polar surface area (TPSA) is 0 Å². The van der Waals surface area contributed by atoms with Gasteiger partial charge in [-0.05, 0) is 49.1 Å². The second kappa shape index (κ2) is 11.0. The fraction of sp³-hybridized carbons (Fsp3) is 0.130. The van der Waals surface area contributed by atoms with Gasteiger partial charge in [0.25, 0.3) is 0 Å². The number of hydrogen-bond acceptors (Lipinski definition) is 0. The summed E-state index contributed by atoms with van der Waals surface area (Å²) in [6.07, 6.45) is 20.7. The van der Waals surface area contributed by atoms with Gasteiger partial charge < -0.3 is 0 Å². The SMILES string of the molecule is C=CC(/C=C/C(/C=C\C)=C/C)=C\C(=C/C)\C=C\c1ccccc1. The van der Waals surface area contributed by atoms with Crippen molar-refractivity contribution in [2.75, 3.05) is 0 Å². The van der Waals surface area contributed by atoms with E-state index in [4.69, 9.17) is 0 Å². The van der Waals surface area contributed by atoms with E-state index in [-0.39, 0.29) is 0 Å². The minimum absolute atomic E-state index is 1.08. The predicted octanol–water partition coefficient (Wildman–Crippen LogP) is 6.84. The lowest BCUT2D eigenvalue weighted by Crippen LogP contribution is -1.78. The molecular formula is C23H26. The van der Waals surface area contributed by atoms with Crippen LogP contribution in [0.25, 0.3) is 6.08 Å². The zero-order valence-electron chi connectivity index (χ0n) is 14.4. The molecule has 0 aromatic heterocycles. The van der Waals surface area contributed by atoms with Crippen LogP contribution in [0.1, 0.15) is 26.3 Å². The second-order valence-corrected chi connectivity index (χ2v) is 5.00. The summed E-state index contributed by atoms with van der Waals surface area (Å²) in [5.74, 6) is 0. The van der Waals surface area contributed by atoms with Gasteiger partial charge in [-0.15, -0.1) is 0 Å². The Balaban J connectivity index is 2.92. The molecule has 0 heteroatoms. The lowest BCUT2D eigenvalue weighted by molar-refractivity contribution is 1.53. The monoisotopic (exact) mass is 302 g/mol. The zero-order chi connectivity index (χ0) is 16.9. The molecule has 0 aliphatic heterocycles. The first-order chi connectivity index (χ1) is 11.2. The molecule has 0 saturated heterocycles. The molecule has 0 amide bonds. The van der Waals surface area contributed by atoms with Gasteiger partial charge in [0.2, 0.25) is 0 Å². The molecule has 0 radical (unpaired) electrons. The van der Waals surface area contributed by atoms with E-state index in [1.165, 1.54) is 11.1 Å². The molecule has 0 N–H and O–H groups in total. The van der Waals surface area contributed by atoms with Crippen LogP contribution in [0.5, 0.6) is 0 Å². The highest BCUT2D eigenvalue weighted by atomic mass is 14.0. The fourth-order valence-electron chi connectivity index (χ4n) is 1.98. The number of allylic oxidation sites excluding steroid dienone is 12. The van der Waals surface area contributed by atoms with Crippen LogP contribution < -0.4 is 0 Å². The summed E-state index contributed by atoms with van der Waals surface area (Å²) in [5.41, 5.74) is 4.61.